The van der Waals surface area contributed by atoms with E-state index in [1.54, 1.807) is 0 Å². The number of hydrogen-bond acceptors (Lipinski definition) is 1. The molecule has 0 spiro atoms. The van der Waals surface area contributed by atoms with Gasteiger partial charge in [0.15, 0.2) is 0 Å². The average molecular weight is 278 g/mol. The van der Waals surface area contributed by atoms with Gasteiger partial charge in [-0.05, 0) is 55.3 Å². The molecule has 0 aromatic rings. The first kappa shape index (κ1) is 14.9. The fraction of sp³-hybridized carbons (Fsp3) is 1.00. The van der Waals surface area contributed by atoms with Crippen LogP contribution in [0, 0.1) is 29.6 Å². The van der Waals surface area contributed by atoms with Gasteiger partial charge in [0.25, 0.3) is 0 Å². The monoisotopic (exact) mass is 278 g/mol. The minimum absolute atomic E-state index is 0.0212. The number of rotatable bonds is 3. The summed E-state index contributed by atoms with van der Waals surface area (Å²) in [5, 5.41) is 10.5. The van der Waals surface area contributed by atoms with Crippen LogP contribution in [0.3, 0.4) is 0 Å². The Morgan fingerprint density at radius 1 is 0.800 bits per heavy atom. The van der Waals surface area contributed by atoms with Crippen molar-refractivity contribution < 1.29 is 5.11 Å². The lowest BCUT2D eigenvalue weighted by Gasteiger charge is -2.47. The average Bonchev–Trinajstić information content (AvgIpc) is 2.49. The third-order valence-electron chi connectivity index (χ3n) is 6.88. The molecule has 0 heterocycles. The first-order chi connectivity index (χ1) is 9.78. The Labute approximate surface area is 125 Å². The molecular formula is C19H34O. The molecule has 0 bridgehead atoms. The Bertz CT molecular complexity index is 294. The fourth-order valence-corrected chi connectivity index (χ4v) is 5.71. The molecule has 3 saturated carbocycles. The van der Waals surface area contributed by atoms with E-state index in [4.69, 9.17) is 0 Å². The zero-order chi connectivity index (χ0) is 13.9. The quantitative estimate of drug-likeness (QED) is 0.755. The van der Waals surface area contributed by atoms with E-state index in [0.29, 0.717) is 5.92 Å². The van der Waals surface area contributed by atoms with Crippen LogP contribution in [0.5, 0.6) is 0 Å². The van der Waals surface area contributed by atoms with Crippen LogP contribution in [-0.4, -0.2) is 11.2 Å². The Kier molecular flexibility index (Phi) is 5.07. The summed E-state index contributed by atoms with van der Waals surface area (Å²) in [6.07, 6.45) is 16.9. The smallest absolute Gasteiger partial charge is 0.0573 e. The van der Waals surface area contributed by atoms with Crippen molar-refractivity contribution in [2.24, 2.45) is 29.6 Å². The van der Waals surface area contributed by atoms with Gasteiger partial charge in [0.1, 0.15) is 0 Å². The predicted molar refractivity (Wildman–Crippen MR) is 84.5 cm³/mol. The van der Waals surface area contributed by atoms with Gasteiger partial charge in [-0.15, -0.1) is 0 Å². The summed E-state index contributed by atoms with van der Waals surface area (Å²) < 4.78 is 0. The van der Waals surface area contributed by atoms with E-state index in [0.717, 1.165) is 30.1 Å². The molecule has 20 heavy (non-hydrogen) atoms. The van der Waals surface area contributed by atoms with E-state index in [-0.39, 0.29) is 6.10 Å². The number of hydrogen-bond donors (Lipinski definition) is 1. The van der Waals surface area contributed by atoms with Crippen molar-refractivity contribution in [2.45, 2.75) is 90.1 Å². The number of fused-ring (bicyclic) bond motifs is 1. The van der Waals surface area contributed by atoms with E-state index in [1.165, 1.54) is 70.6 Å². The molecule has 1 heteroatoms. The molecule has 3 aliphatic rings. The lowest BCUT2D eigenvalue weighted by atomic mass is 9.59. The lowest BCUT2D eigenvalue weighted by Crippen LogP contribution is -2.42. The van der Waals surface area contributed by atoms with E-state index < -0.39 is 0 Å². The highest BCUT2D eigenvalue weighted by molar-refractivity contribution is 4.92. The second-order valence-corrected chi connectivity index (χ2v) is 8.07. The normalized spacial score (nSPS) is 43.2. The maximum Gasteiger partial charge on any atom is 0.0573 e. The van der Waals surface area contributed by atoms with Crippen molar-refractivity contribution in [2.75, 3.05) is 0 Å². The highest BCUT2D eigenvalue weighted by Crippen LogP contribution is 2.49. The summed E-state index contributed by atoms with van der Waals surface area (Å²) in [5.74, 6) is 4.28. The Hall–Kier alpha value is -0.0400. The first-order valence-electron chi connectivity index (χ1n) is 9.46. The third kappa shape index (κ3) is 3.24. The van der Waals surface area contributed by atoms with Gasteiger partial charge in [0.2, 0.25) is 0 Å². The molecule has 1 nitrogen and oxygen atoms in total. The molecule has 0 amide bonds. The first-order valence-corrected chi connectivity index (χ1v) is 9.46. The van der Waals surface area contributed by atoms with Gasteiger partial charge in [0.05, 0.1) is 6.10 Å². The Balaban J connectivity index is 1.63. The summed E-state index contributed by atoms with van der Waals surface area (Å²) >= 11 is 0. The van der Waals surface area contributed by atoms with Crippen LogP contribution < -0.4 is 0 Å². The summed E-state index contributed by atoms with van der Waals surface area (Å²) in [6.45, 7) is 2.32. The molecule has 3 rings (SSSR count). The van der Waals surface area contributed by atoms with Gasteiger partial charge in [-0.25, -0.2) is 0 Å². The SMILES string of the molecule is CCC1CC(O)C2CCCC(CC3CCCCC3)C2C1. The maximum absolute atomic E-state index is 10.5. The third-order valence-corrected chi connectivity index (χ3v) is 6.88. The largest absolute Gasteiger partial charge is 0.393 e. The van der Waals surface area contributed by atoms with Crippen LogP contribution in [-0.2, 0) is 0 Å². The number of aliphatic hydroxyl groups is 1. The van der Waals surface area contributed by atoms with E-state index in [1.807, 2.05) is 0 Å². The molecule has 1 N–H and O–H groups in total. The van der Waals surface area contributed by atoms with E-state index in [9.17, 15) is 5.11 Å². The van der Waals surface area contributed by atoms with Crippen LogP contribution in [0.2, 0.25) is 0 Å². The molecule has 0 saturated heterocycles. The minimum Gasteiger partial charge on any atom is -0.393 e. The van der Waals surface area contributed by atoms with Crippen LogP contribution in [0.15, 0.2) is 0 Å². The Morgan fingerprint density at radius 3 is 2.35 bits per heavy atom. The van der Waals surface area contributed by atoms with Gasteiger partial charge < -0.3 is 5.11 Å². The zero-order valence-electron chi connectivity index (χ0n) is 13.4. The minimum atomic E-state index is 0.0212. The van der Waals surface area contributed by atoms with E-state index in [2.05, 4.69) is 6.92 Å². The van der Waals surface area contributed by atoms with E-state index >= 15 is 0 Å². The Morgan fingerprint density at radius 2 is 1.60 bits per heavy atom. The van der Waals surface area contributed by atoms with Gasteiger partial charge in [-0.2, -0.15) is 0 Å². The zero-order valence-corrected chi connectivity index (χ0v) is 13.4. The second kappa shape index (κ2) is 6.81. The van der Waals surface area contributed by atoms with Gasteiger partial charge >= 0.3 is 0 Å². The topological polar surface area (TPSA) is 20.2 Å². The fourth-order valence-electron chi connectivity index (χ4n) is 5.71. The lowest BCUT2D eigenvalue weighted by molar-refractivity contribution is -0.0437. The van der Waals surface area contributed by atoms with Gasteiger partial charge in [0, 0.05) is 0 Å². The summed E-state index contributed by atoms with van der Waals surface area (Å²) in [6, 6.07) is 0. The van der Waals surface area contributed by atoms with Crippen molar-refractivity contribution in [3.05, 3.63) is 0 Å². The van der Waals surface area contributed by atoms with Crippen molar-refractivity contribution >= 4 is 0 Å². The van der Waals surface area contributed by atoms with Crippen LogP contribution >= 0.6 is 0 Å². The summed E-state index contributed by atoms with van der Waals surface area (Å²) in [5.41, 5.74) is 0. The maximum atomic E-state index is 10.5. The van der Waals surface area contributed by atoms with Crippen molar-refractivity contribution in [3.8, 4) is 0 Å². The molecule has 5 atom stereocenters. The van der Waals surface area contributed by atoms with Gasteiger partial charge in [-0.1, -0.05) is 58.3 Å². The standard InChI is InChI=1S/C19H34O/c1-2-14-12-18-16(11-15-7-4-3-5-8-15)9-6-10-17(18)19(20)13-14/h14-20H,2-13H2,1H3. The van der Waals surface area contributed by atoms with Crippen LogP contribution in [0.25, 0.3) is 0 Å². The van der Waals surface area contributed by atoms with Crippen molar-refractivity contribution in [1.29, 1.82) is 0 Å². The predicted octanol–water partition coefficient (Wildman–Crippen LogP) is 5.17. The molecule has 0 radical (unpaired) electrons. The van der Waals surface area contributed by atoms with Crippen LogP contribution in [0.4, 0.5) is 0 Å². The van der Waals surface area contributed by atoms with Gasteiger partial charge in [-0.3, -0.25) is 0 Å². The summed E-state index contributed by atoms with van der Waals surface area (Å²) in [4.78, 5) is 0. The summed E-state index contributed by atoms with van der Waals surface area (Å²) in [7, 11) is 0. The second-order valence-electron chi connectivity index (χ2n) is 8.07. The van der Waals surface area contributed by atoms with Crippen LogP contribution in [0.1, 0.15) is 84.0 Å². The molecule has 116 valence electrons. The molecule has 0 aromatic carbocycles. The highest BCUT2D eigenvalue weighted by Gasteiger charge is 2.42. The van der Waals surface area contributed by atoms with Crippen molar-refractivity contribution in [3.63, 3.8) is 0 Å². The molecule has 3 fully saturated rings. The molecule has 0 aromatic heterocycles. The molecular weight excluding hydrogens is 244 g/mol. The molecule has 3 aliphatic carbocycles. The highest BCUT2D eigenvalue weighted by atomic mass is 16.3. The van der Waals surface area contributed by atoms with Crippen molar-refractivity contribution in [1.82, 2.24) is 0 Å². The number of aliphatic hydroxyl groups excluding tert-OH is 1. The molecule has 5 unspecified atom stereocenters. The molecule has 0 aliphatic heterocycles.